The molecule has 1 saturated heterocycles. The van der Waals surface area contributed by atoms with Crippen molar-refractivity contribution in [1.29, 1.82) is 0 Å². The summed E-state index contributed by atoms with van der Waals surface area (Å²) in [4.78, 5) is 29.2. The molecule has 1 aromatic carbocycles. The average molecular weight is 542 g/mol. The summed E-state index contributed by atoms with van der Waals surface area (Å²) in [5, 5.41) is 2.59. The first-order valence-corrected chi connectivity index (χ1v) is 17.3. The molecule has 0 aliphatic carbocycles. The number of anilines is 1. The number of benzene rings is 1. The largest absolute Gasteiger partial charge is 0.411 e. The van der Waals surface area contributed by atoms with Crippen LogP contribution >= 0.6 is 18.0 Å². The molecule has 1 aromatic heterocycles. The minimum atomic E-state index is -3.25. The molecule has 0 bridgehead atoms. The second kappa shape index (κ2) is 10.7. The molecule has 1 unspecified atom stereocenters. The summed E-state index contributed by atoms with van der Waals surface area (Å²) in [5.41, 5.74) is -0.120. The van der Waals surface area contributed by atoms with E-state index in [4.69, 9.17) is 24.9 Å². The van der Waals surface area contributed by atoms with Crippen molar-refractivity contribution in [2.45, 2.75) is 63.8 Å². The van der Waals surface area contributed by atoms with E-state index in [0.717, 1.165) is 0 Å². The van der Waals surface area contributed by atoms with Crippen LogP contribution in [0.1, 0.15) is 43.8 Å². The fourth-order valence-corrected chi connectivity index (χ4v) is 5.33. The lowest BCUT2D eigenvalue weighted by Crippen LogP contribution is -2.46. The van der Waals surface area contributed by atoms with Gasteiger partial charge in [0.1, 0.15) is 18.1 Å². The summed E-state index contributed by atoms with van der Waals surface area (Å²) in [6.07, 6.45) is 0.302. The summed E-state index contributed by atoms with van der Waals surface area (Å²) in [5.74, 6) is -0.224. The number of amides is 1. The molecule has 3 rings (SSSR count). The van der Waals surface area contributed by atoms with Gasteiger partial charge in [0.05, 0.1) is 12.7 Å². The minimum absolute atomic E-state index is 0.0273. The molecule has 1 aliphatic rings. The number of hydrogen-bond acceptors (Lipinski definition) is 7. The molecule has 192 valence electrons. The van der Waals surface area contributed by atoms with Crippen molar-refractivity contribution in [2.75, 3.05) is 18.6 Å². The van der Waals surface area contributed by atoms with Crippen molar-refractivity contribution in [2.24, 2.45) is 0 Å². The van der Waals surface area contributed by atoms with E-state index in [1.54, 1.807) is 24.3 Å². The second-order valence-corrected chi connectivity index (χ2v) is 18.5. The Morgan fingerprint density at radius 2 is 1.94 bits per heavy atom. The van der Waals surface area contributed by atoms with E-state index in [-0.39, 0.29) is 29.5 Å². The van der Waals surface area contributed by atoms with Crippen LogP contribution in [0.2, 0.25) is 18.1 Å². The number of carbonyl (C=O) groups excluding carboxylic acids is 1. The molecule has 1 N–H and O–H groups in total. The number of halogens is 1. The van der Waals surface area contributed by atoms with Gasteiger partial charge in [0.15, 0.2) is 8.32 Å². The first kappa shape index (κ1) is 27.8. The Balaban J connectivity index is 1.78. The molecule has 1 amide bonds. The summed E-state index contributed by atoms with van der Waals surface area (Å²) in [7, 11) is -2.18. The lowest BCUT2D eigenvalue weighted by molar-refractivity contribution is -0.0378. The number of nitrogens with zero attached hydrogens (tertiary/aromatic N) is 2. The van der Waals surface area contributed by atoms with Crippen LogP contribution in [0.4, 0.5) is 5.82 Å². The van der Waals surface area contributed by atoms with Gasteiger partial charge in [-0.3, -0.25) is 13.9 Å². The van der Waals surface area contributed by atoms with Gasteiger partial charge in [-0.15, -0.1) is 0 Å². The third-order valence-corrected chi connectivity index (χ3v) is 11.7. The van der Waals surface area contributed by atoms with Crippen LogP contribution < -0.4 is 11.0 Å². The predicted octanol–water partition coefficient (Wildman–Crippen LogP) is 5.25. The van der Waals surface area contributed by atoms with Gasteiger partial charge in [-0.2, -0.15) is 4.98 Å². The van der Waals surface area contributed by atoms with Crippen LogP contribution in [0, 0.1) is 0 Å². The number of hydrogen-bond donors (Lipinski definition) is 1. The first-order chi connectivity index (χ1) is 16.2. The molecule has 12 heteroatoms. The standard InChI is InChI=1S/C23H33ClN3O6PSi/c1-23(2,3)35(5,6)33-17-14-20(32-18(17)15-31-34(4,24)30)27-13-12-19(26-22(27)29)25-21(28)16-10-8-7-9-11-16/h7-13,17-18,20H,14-15H2,1-6H3,(H,25,26,28,29)/t17-,18+,20+,34?/m0/s1. The molecular formula is C23H33ClN3O6PSi. The van der Waals surface area contributed by atoms with Gasteiger partial charge in [-0.1, -0.05) is 39.0 Å². The molecular weight excluding hydrogens is 509 g/mol. The summed E-state index contributed by atoms with van der Waals surface area (Å²) in [6, 6.07) is 10.2. The van der Waals surface area contributed by atoms with Crippen LogP contribution in [0.25, 0.3) is 0 Å². The third kappa shape index (κ3) is 7.35. The molecule has 2 aromatic rings. The highest BCUT2D eigenvalue weighted by atomic mass is 35.7. The average Bonchev–Trinajstić information content (AvgIpc) is 3.13. The van der Waals surface area contributed by atoms with Crippen molar-refractivity contribution in [3.05, 3.63) is 58.6 Å². The van der Waals surface area contributed by atoms with Crippen LogP contribution in [-0.4, -0.2) is 49.3 Å². The maximum absolute atomic E-state index is 12.8. The van der Waals surface area contributed by atoms with E-state index in [1.807, 2.05) is 6.07 Å². The second-order valence-electron chi connectivity index (χ2n) is 10.1. The molecule has 4 atom stereocenters. The summed E-state index contributed by atoms with van der Waals surface area (Å²) < 4.78 is 31.3. The van der Waals surface area contributed by atoms with E-state index in [1.165, 1.54) is 23.5 Å². The Hall–Kier alpha value is -1.81. The number of aromatic nitrogens is 2. The fraction of sp³-hybridized carbons (Fsp3) is 0.522. The van der Waals surface area contributed by atoms with Crippen LogP contribution in [0.15, 0.2) is 47.4 Å². The fourth-order valence-electron chi connectivity index (χ4n) is 3.39. The first-order valence-electron chi connectivity index (χ1n) is 11.4. The Kier molecular flexibility index (Phi) is 8.46. The maximum atomic E-state index is 12.8. The Labute approximate surface area is 211 Å². The lowest BCUT2D eigenvalue weighted by atomic mass is 10.2. The van der Waals surface area contributed by atoms with Crippen molar-refractivity contribution < 1.29 is 23.0 Å². The van der Waals surface area contributed by atoms with Crippen LogP contribution in [-0.2, 0) is 18.3 Å². The van der Waals surface area contributed by atoms with Crippen molar-refractivity contribution in [3.8, 4) is 0 Å². The smallest absolute Gasteiger partial charge is 0.351 e. The zero-order chi connectivity index (χ0) is 26.0. The van der Waals surface area contributed by atoms with Gasteiger partial charge >= 0.3 is 5.69 Å². The molecule has 2 heterocycles. The molecule has 9 nitrogen and oxygen atoms in total. The Bertz CT molecular complexity index is 1150. The molecule has 1 aliphatic heterocycles. The van der Waals surface area contributed by atoms with Gasteiger partial charge in [0.2, 0.25) is 0 Å². The normalized spacial score (nSPS) is 22.5. The van der Waals surface area contributed by atoms with Gasteiger partial charge in [0, 0.05) is 24.8 Å². The number of nitrogens with one attached hydrogen (secondary N) is 1. The monoisotopic (exact) mass is 541 g/mol. The summed E-state index contributed by atoms with van der Waals surface area (Å²) in [6.45, 7) is 8.70. The van der Waals surface area contributed by atoms with Gasteiger partial charge in [0.25, 0.3) is 12.6 Å². The van der Waals surface area contributed by atoms with E-state index in [2.05, 4.69) is 44.2 Å². The minimum Gasteiger partial charge on any atom is -0.411 e. The van der Waals surface area contributed by atoms with E-state index >= 15 is 0 Å². The maximum Gasteiger partial charge on any atom is 0.351 e. The molecule has 0 spiro atoms. The summed E-state index contributed by atoms with van der Waals surface area (Å²) >= 11 is 5.79. The molecule has 1 fully saturated rings. The highest BCUT2D eigenvalue weighted by molar-refractivity contribution is 7.84. The van der Waals surface area contributed by atoms with Crippen molar-refractivity contribution in [3.63, 3.8) is 0 Å². The van der Waals surface area contributed by atoms with Crippen LogP contribution in [0.3, 0.4) is 0 Å². The Morgan fingerprint density at radius 1 is 1.29 bits per heavy atom. The SMILES string of the molecule is CC(C)(C)[Si](C)(C)O[C@H]1C[C@H](n2ccc(NC(=O)c3ccccc3)nc2=O)O[C@@H]1COP(C)(=O)Cl. The van der Waals surface area contributed by atoms with Crippen molar-refractivity contribution in [1.82, 2.24) is 9.55 Å². The topological polar surface area (TPSA) is 109 Å². The lowest BCUT2D eigenvalue weighted by Gasteiger charge is -2.39. The number of rotatable bonds is 8. The third-order valence-electron chi connectivity index (χ3n) is 6.32. The highest BCUT2D eigenvalue weighted by Crippen LogP contribution is 2.49. The molecule has 35 heavy (non-hydrogen) atoms. The van der Waals surface area contributed by atoms with E-state index < -0.39 is 33.1 Å². The van der Waals surface area contributed by atoms with E-state index in [9.17, 15) is 14.2 Å². The van der Waals surface area contributed by atoms with Crippen molar-refractivity contribution >= 4 is 38.0 Å². The number of ether oxygens (including phenoxy) is 1. The van der Waals surface area contributed by atoms with E-state index in [0.29, 0.717) is 12.0 Å². The number of carbonyl (C=O) groups is 1. The quantitative estimate of drug-likeness (QED) is 0.359. The van der Waals surface area contributed by atoms with Crippen LogP contribution in [0.5, 0.6) is 0 Å². The molecule has 0 radical (unpaired) electrons. The van der Waals surface area contributed by atoms with Gasteiger partial charge in [-0.05, 0) is 47.6 Å². The predicted molar refractivity (Wildman–Crippen MR) is 139 cm³/mol. The zero-order valence-electron chi connectivity index (χ0n) is 20.9. The Morgan fingerprint density at radius 3 is 2.51 bits per heavy atom. The highest BCUT2D eigenvalue weighted by Gasteiger charge is 2.45. The molecule has 0 saturated carbocycles. The van der Waals surface area contributed by atoms with Gasteiger partial charge < -0.3 is 19.0 Å². The zero-order valence-corrected chi connectivity index (χ0v) is 23.5. The van der Waals surface area contributed by atoms with Gasteiger partial charge in [-0.25, -0.2) is 4.79 Å².